The van der Waals surface area contributed by atoms with Crippen molar-refractivity contribution >= 4 is 15.9 Å². The van der Waals surface area contributed by atoms with Crippen molar-refractivity contribution in [3.8, 4) is 0 Å². The van der Waals surface area contributed by atoms with E-state index >= 15 is 0 Å². The molecule has 0 spiro atoms. The molecule has 2 aromatic rings. The SMILES string of the molecule is Cc1ccc(C(C)(N)Cc2cccc(Br)c2)cc1F. The van der Waals surface area contributed by atoms with Gasteiger partial charge >= 0.3 is 0 Å². The predicted octanol–water partition coefficient (Wildman–Crippen LogP) is 4.31. The molecule has 0 fully saturated rings. The number of hydrogen-bond acceptors (Lipinski definition) is 1. The fourth-order valence-electron chi connectivity index (χ4n) is 2.12. The van der Waals surface area contributed by atoms with Crippen LogP contribution in [0.3, 0.4) is 0 Å². The summed E-state index contributed by atoms with van der Waals surface area (Å²) in [5.74, 6) is -0.205. The van der Waals surface area contributed by atoms with E-state index in [9.17, 15) is 4.39 Å². The molecular formula is C16H17BrFN. The quantitative estimate of drug-likeness (QED) is 0.895. The summed E-state index contributed by atoms with van der Waals surface area (Å²) >= 11 is 3.45. The minimum Gasteiger partial charge on any atom is -0.321 e. The lowest BCUT2D eigenvalue weighted by Crippen LogP contribution is -2.35. The third-order valence-electron chi connectivity index (χ3n) is 3.29. The van der Waals surface area contributed by atoms with Crippen LogP contribution < -0.4 is 5.73 Å². The first kappa shape index (κ1) is 14.2. The number of benzene rings is 2. The van der Waals surface area contributed by atoms with Crippen molar-refractivity contribution in [2.24, 2.45) is 5.73 Å². The molecule has 0 heterocycles. The van der Waals surface area contributed by atoms with E-state index in [2.05, 4.69) is 15.9 Å². The Kier molecular flexibility index (Phi) is 4.07. The number of halogens is 2. The van der Waals surface area contributed by atoms with E-state index in [-0.39, 0.29) is 5.82 Å². The number of nitrogens with two attached hydrogens (primary N) is 1. The zero-order valence-electron chi connectivity index (χ0n) is 11.1. The van der Waals surface area contributed by atoms with Gasteiger partial charge in [0.2, 0.25) is 0 Å². The lowest BCUT2D eigenvalue weighted by molar-refractivity contribution is 0.485. The molecule has 0 aliphatic heterocycles. The smallest absolute Gasteiger partial charge is 0.126 e. The van der Waals surface area contributed by atoms with Crippen molar-refractivity contribution < 1.29 is 4.39 Å². The number of rotatable bonds is 3. The Balaban J connectivity index is 2.29. The van der Waals surface area contributed by atoms with Gasteiger partial charge in [-0.15, -0.1) is 0 Å². The summed E-state index contributed by atoms with van der Waals surface area (Å²) < 4.78 is 14.7. The molecule has 0 aliphatic rings. The van der Waals surface area contributed by atoms with E-state index < -0.39 is 5.54 Å². The third-order valence-corrected chi connectivity index (χ3v) is 3.78. The normalized spacial score (nSPS) is 14.2. The molecular weight excluding hydrogens is 305 g/mol. The highest BCUT2D eigenvalue weighted by atomic mass is 79.9. The molecule has 0 radical (unpaired) electrons. The highest BCUT2D eigenvalue weighted by molar-refractivity contribution is 9.10. The Hall–Kier alpha value is -1.19. The summed E-state index contributed by atoms with van der Waals surface area (Å²) in [6.45, 7) is 3.68. The highest BCUT2D eigenvalue weighted by Crippen LogP contribution is 2.25. The highest BCUT2D eigenvalue weighted by Gasteiger charge is 2.22. The zero-order valence-corrected chi connectivity index (χ0v) is 12.7. The molecule has 1 nitrogen and oxygen atoms in total. The Labute approximate surface area is 121 Å². The van der Waals surface area contributed by atoms with Crippen LogP contribution in [0.4, 0.5) is 4.39 Å². The fourth-order valence-corrected chi connectivity index (χ4v) is 2.57. The molecule has 0 bridgehead atoms. The van der Waals surface area contributed by atoms with Gasteiger partial charge in [-0.25, -0.2) is 4.39 Å². The van der Waals surface area contributed by atoms with E-state index in [4.69, 9.17) is 5.73 Å². The third kappa shape index (κ3) is 3.43. The van der Waals surface area contributed by atoms with Crippen LogP contribution in [0.15, 0.2) is 46.9 Å². The van der Waals surface area contributed by atoms with Crippen LogP contribution in [0.5, 0.6) is 0 Å². The second-order valence-corrected chi connectivity index (χ2v) is 6.10. The monoisotopic (exact) mass is 321 g/mol. The van der Waals surface area contributed by atoms with E-state index in [0.717, 1.165) is 15.6 Å². The first-order valence-corrected chi connectivity index (χ1v) is 6.98. The summed E-state index contributed by atoms with van der Waals surface area (Å²) in [4.78, 5) is 0. The minimum absolute atomic E-state index is 0.205. The van der Waals surface area contributed by atoms with Crippen LogP contribution in [0.2, 0.25) is 0 Å². The topological polar surface area (TPSA) is 26.0 Å². The number of aryl methyl sites for hydroxylation is 1. The lowest BCUT2D eigenvalue weighted by atomic mass is 9.86. The van der Waals surface area contributed by atoms with Gasteiger partial charge in [-0.05, 0) is 55.2 Å². The molecule has 0 saturated carbocycles. The Morgan fingerprint density at radius 3 is 2.58 bits per heavy atom. The second kappa shape index (κ2) is 5.43. The van der Waals surface area contributed by atoms with E-state index in [1.54, 1.807) is 13.0 Å². The van der Waals surface area contributed by atoms with Gasteiger partial charge in [0.25, 0.3) is 0 Å². The maximum atomic E-state index is 13.6. The maximum Gasteiger partial charge on any atom is 0.126 e. The molecule has 19 heavy (non-hydrogen) atoms. The largest absolute Gasteiger partial charge is 0.321 e. The first-order valence-electron chi connectivity index (χ1n) is 6.18. The Bertz CT molecular complexity index is 593. The van der Waals surface area contributed by atoms with Crippen LogP contribution in [-0.4, -0.2) is 0 Å². The molecule has 0 saturated heterocycles. The fraction of sp³-hybridized carbons (Fsp3) is 0.250. The molecule has 100 valence electrons. The van der Waals surface area contributed by atoms with Crippen molar-refractivity contribution in [3.05, 3.63) is 69.4 Å². The van der Waals surface area contributed by atoms with Gasteiger partial charge in [0.1, 0.15) is 5.82 Å². The lowest BCUT2D eigenvalue weighted by Gasteiger charge is -2.26. The predicted molar refractivity (Wildman–Crippen MR) is 80.5 cm³/mol. The van der Waals surface area contributed by atoms with Crippen LogP contribution in [0.25, 0.3) is 0 Å². The summed E-state index contributed by atoms with van der Waals surface area (Å²) in [6, 6.07) is 13.2. The standard InChI is InChI=1S/C16H17BrFN/c1-11-6-7-13(9-15(11)18)16(2,19)10-12-4-3-5-14(17)8-12/h3-9H,10,19H2,1-2H3. The van der Waals surface area contributed by atoms with Crippen molar-refractivity contribution in [1.82, 2.24) is 0 Å². The molecule has 2 aromatic carbocycles. The van der Waals surface area contributed by atoms with E-state index in [1.165, 1.54) is 6.07 Å². The molecule has 0 amide bonds. The average Bonchev–Trinajstić information content (AvgIpc) is 2.32. The Morgan fingerprint density at radius 2 is 1.95 bits per heavy atom. The summed E-state index contributed by atoms with van der Waals surface area (Å²) in [6.07, 6.45) is 0.662. The number of hydrogen-bond donors (Lipinski definition) is 1. The summed E-state index contributed by atoms with van der Waals surface area (Å²) in [7, 11) is 0. The molecule has 3 heteroatoms. The van der Waals surface area contributed by atoms with Gasteiger partial charge in [-0.1, -0.05) is 40.2 Å². The molecule has 0 aliphatic carbocycles. The van der Waals surface area contributed by atoms with Crippen LogP contribution >= 0.6 is 15.9 Å². The van der Waals surface area contributed by atoms with Crippen LogP contribution in [-0.2, 0) is 12.0 Å². The Morgan fingerprint density at radius 1 is 1.21 bits per heavy atom. The molecule has 1 unspecified atom stereocenters. The molecule has 2 N–H and O–H groups in total. The minimum atomic E-state index is -0.588. The van der Waals surface area contributed by atoms with Gasteiger partial charge in [-0.2, -0.15) is 0 Å². The van der Waals surface area contributed by atoms with Crippen molar-refractivity contribution in [1.29, 1.82) is 0 Å². The average molecular weight is 322 g/mol. The van der Waals surface area contributed by atoms with Crippen molar-refractivity contribution in [2.75, 3.05) is 0 Å². The summed E-state index contributed by atoms with van der Waals surface area (Å²) in [5, 5.41) is 0. The van der Waals surface area contributed by atoms with Crippen LogP contribution in [0, 0.1) is 12.7 Å². The first-order chi connectivity index (χ1) is 8.88. The van der Waals surface area contributed by atoms with E-state index in [0.29, 0.717) is 12.0 Å². The maximum absolute atomic E-state index is 13.6. The van der Waals surface area contributed by atoms with Gasteiger partial charge in [0.05, 0.1) is 0 Å². The van der Waals surface area contributed by atoms with Gasteiger partial charge in [0, 0.05) is 10.0 Å². The van der Waals surface area contributed by atoms with Crippen LogP contribution in [0.1, 0.15) is 23.6 Å². The zero-order chi connectivity index (χ0) is 14.0. The summed E-state index contributed by atoms with van der Waals surface area (Å²) in [5.41, 5.74) is 8.35. The molecule has 1 atom stereocenters. The second-order valence-electron chi connectivity index (χ2n) is 5.19. The van der Waals surface area contributed by atoms with Gasteiger partial charge in [-0.3, -0.25) is 0 Å². The molecule has 2 rings (SSSR count). The molecule has 0 aromatic heterocycles. The van der Waals surface area contributed by atoms with Crippen molar-refractivity contribution in [3.63, 3.8) is 0 Å². The van der Waals surface area contributed by atoms with Gasteiger partial charge in [0.15, 0.2) is 0 Å². The van der Waals surface area contributed by atoms with Crippen molar-refractivity contribution in [2.45, 2.75) is 25.8 Å². The van der Waals surface area contributed by atoms with Gasteiger partial charge < -0.3 is 5.73 Å². The van der Waals surface area contributed by atoms with E-state index in [1.807, 2.05) is 37.3 Å².